The highest BCUT2D eigenvalue weighted by molar-refractivity contribution is 5.79. The molecule has 0 bridgehead atoms. The summed E-state index contributed by atoms with van der Waals surface area (Å²) >= 11 is 0. The van der Waals surface area contributed by atoms with Gasteiger partial charge in [-0.25, -0.2) is 0 Å². The first-order chi connectivity index (χ1) is 12.2. The Morgan fingerprint density at radius 2 is 1.00 bits per heavy atom. The standard InChI is InChI=1S/C21H20N2O2/c1-24-17-11-7-15(8-12-17)21(16-9-13-18(25-2)14-10-16)22-19-5-3-4-6-20(19)23-21/h3-14,22-23H,1-2H3. The Morgan fingerprint density at radius 3 is 1.36 bits per heavy atom. The second-order valence-electron chi connectivity index (χ2n) is 6.00. The van der Waals surface area contributed by atoms with Gasteiger partial charge in [0.15, 0.2) is 5.66 Å². The summed E-state index contributed by atoms with van der Waals surface area (Å²) in [5, 5.41) is 7.33. The summed E-state index contributed by atoms with van der Waals surface area (Å²) in [5.74, 6) is 1.67. The minimum Gasteiger partial charge on any atom is -0.497 e. The Bertz CT molecular complexity index is 799. The number of ether oxygens (including phenoxy) is 2. The topological polar surface area (TPSA) is 42.5 Å². The monoisotopic (exact) mass is 332 g/mol. The number of benzene rings is 3. The molecule has 3 aromatic rings. The van der Waals surface area contributed by atoms with Crippen molar-refractivity contribution >= 4 is 11.4 Å². The van der Waals surface area contributed by atoms with Crippen molar-refractivity contribution in [3.8, 4) is 11.5 Å². The molecule has 1 aliphatic rings. The number of hydrogen-bond donors (Lipinski definition) is 2. The van der Waals surface area contributed by atoms with Crippen molar-refractivity contribution in [3.63, 3.8) is 0 Å². The maximum absolute atomic E-state index is 5.31. The van der Waals surface area contributed by atoms with Gasteiger partial charge in [-0.2, -0.15) is 0 Å². The number of rotatable bonds is 4. The molecule has 126 valence electrons. The van der Waals surface area contributed by atoms with Crippen molar-refractivity contribution in [3.05, 3.63) is 83.9 Å². The molecule has 0 amide bonds. The Labute approximate surface area is 147 Å². The third-order valence-electron chi connectivity index (χ3n) is 4.62. The van der Waals surface area contributed by atoms with Crippen molar-refractivity contribution in [2.45, 2.75) is 5.66 Å². The van der Waals surface area contributed by atoms with Crippen LogP contribution in [0.2, 0.25) is 0 Å². The van der Waals surface area contributed by atoms with Gasteiger partial charge >= 0.3 is 0 Å². The average Bonchev–Trinajstić information content (AvgIpc) is 3.09. The van der Waals surface area contributed by atoms with Crippen LogP contribution in [0.3, 0.4) is 0 Å². The van der Waals surface area contributed by atoms with Gasteiger partial charge in [0.1, 0.15) is 11.5 Å². The van der Waals surface area contributed by atoms with E-state index in [-0.39, 0.29) is 0 Å². The molecule has 4 rings (SSSR count). The summed E-state index contributed by atoms with van der Waals surface area (Å²) in [5.41, 5.74) is 3.83. The van der Waals surface area contributed by atoms with E-state index in [2.05, 4.69) is 47.0 Å². The number of para-hydroxylation sites is 2. The Balaban J connectivity index is 1.83. The van der Waals surface area contributed by atoms with Gasteiger partial charge in [0, 0.05) is 11.1 Å². The first-order valence-corrected chi connectivity index (χ1v) is 8.19. The summed E-state index contributed by atoms with van der Waals surface area (Å²) in [6.45, 7) is 0. The normalized spacial score (nSPS) is 14.2. The lowest BCUT2D eigenvalue weighted by atomic mass is 9.91. The van der Waals surface area contributed by atoms with E-state index in [1.165, 1.54) is 0 Å². The van der Waals surface area contributed by atoms with E-state index in [1.807, 2.05) is 36.4 Å². The second-order valence-corrected chi connectivity index (χ2v) is 6.00. The largest absolute Gasteiger partial charge is 0.497 e. The number of anilines is 2. The molecule has 1 aliphatic heterocycles. The van der Waals surface area contributed by atoms with Gasteiger partial charge in [-0.05, 0) is 36.4 Å². The molecule has 0 radical (unpaired) electrons. The van der Waals surface area contributed by atoms with Crippen LogP contribution in [0, 0.1) is 0 Å². The lowest BCUT2D eigenvalue weighted by Crippen LogP contribution is -2.39. The lowest BCUT2D eigenvalue weighted by molar-refractivity contribution is 0.414. The fraction of sp³-hybridized carbons (Fsp3) is 0.143. The van der Waals surface area contributed by atoms with Crippen LogP contribution >= 0.6 is 0 Å². The van der Waals surface area contributed by atoms with Crippen LogP contribution in [0.25, 0.3) is 0 Å². The first-order valence-electron chi connectivity index (χ1n) is 8.19. The van der Waals surface area contributed by atoms with E-state index < -0.39 is 5.66 Å². The van der Waals surface area contributed by atoms with Gasteiger partial charge in [-0.3, -0.25) is 0 Å². The van der Waals surface area contributed by atoms with E-state index in [0.717, 1.165) is 34.0 Å². The fourth-order valence-corrected chi connectivity index (χ4v) is 3.27. The summed E-state index contributed by atoms with van der Waals surface area (Å²) < 4.78 is 10.6. The van der Waals surface area contributed by atoms with Gasteiger partial charge in [-0.1, -0.05) is 36.4 Å². The van der Waals surface area contributed by atoms with Crippen LogP contribution in [0.5, 0.6) is 11.5 Å². The highest BCUT2D eigenvalue weighted by Gasteiger charge is 2.39. The molecule has 2 N–H and O–H groups in total. The van der Waals surface area contributed by atoms with Crippen molar-refractivity contribution in [1.29, 1.82) is 0 Å². The van der Waals surface area contributed by atoms with Gasteiger partial charge in [0.05, 0.1) is 25.6 Å². The summed E-state index contributed by atoms with van der Waals surface area (Å²) in [4.78, 5) is 0. The molecule has 0 aliphatic carbocycles. The molecule has 25 heavy (non-hydrogen) atoms. The Hall–Kier alpha value is -3.14. The summed E-state index contributed by atoms with van der Waals surface area (Å²) in [7, 11) is 3.35. The van der Waals surface area contributed by atoms with Crippen molar-refractivity contribution in [2.75, 3.05) is 24.9 Å². The highest BCUT2D eigenvalue weighted by Crippen LogP contribution is 2.43. The molecule has 0 spiro atoms. The molecule has 0 unspecified atom stereocenters. The average molecular weight is 332 g/mol. The SMILES string of the molecule is COc1ccc(C2(c3ccc(OC)cc3)Nc3ccccc3N2)cc1. The molecular weight excluding hydrogens is 312 g/mol. The predicted molar refractivity (Wildman–Crippen MR) is 100 cm³/mol. The molecule has 0 saturated carbocycles. The zero-order valence-electron chi connectivity index (χ0n) is 14.2. The fourth-order valence-electron chi connectivity index (χ4n) is 3.27. The van der Waals surface area contributed by atoms with E-state index in [4.69, 9.17) is 9.47 Å². The lowest BCUT2D eigenvalue weighted by Gasteiger charge is -2.32. The molecule has 0 fully saturated rings. The Kier molecular flexibility index (Phi) is 3.73. The quantitative estimate of drug-likeness (QED) is 0.741. The van der Waals surface area contributed by atoms with Crippen molar-refractivity contribution in [2.24, 2.45) is 0 Å². The maximum atomic E-state index is 5.31. The maximum Gasteiger partial charge on any atom is 0.161 e. The van der Waals surface area contributed by atoms with Crippen LogP contribution in [0.4, 0.5) is 11.4 Å². The second kappa shape index (κ2) is 6.06. The van der Waals surface area contributed by atoms with Crippen LogP contribution in [0.15, 0.2) is 72.8 Å². The summed E-state index contributed by atoms with van der Waals surface area (Å²) in [6, 6.07) is 24.5. The number of fused-ring (bicyclic) bond motifs is 1. The number of hydrogen-bond acceptors (Lipinski definition) is 4. The molecule has 4 nitrogen and oxygen atoms in total. The zero-order valence-corrected chi connectivity index (χ0v) is 14.2. The van der Waals surface area contributed by atoms with Crippen molar-refractivity contribution < 1.29 is 9.47 Å². The Morgan fingerprint density at radius 1 is 0.600 bits per heavy atom. The third-order valence-corrected chi connectivity index (χ3v) is 4.62. The summed E-state index contributed by atoms with van der Waals surface area (Å²) in [6.07, 6.45) is 0. The van der Waals surface area contributed by atoms with Crippen LogP contribution in [-0.4, -0.2) is 14.2 Å². The molecule has 1 heterocycles. The smallest absolute Gasteiger partial charge is 0.161 e. The zero-order chi connectivity index (χ0) is 17.3. The molecule has 4 heteroatoms. The number of nitrogens with one attached hydrogen (secondary N) is 2. The van der Waals surface area contributed by atoms with Crippen LogP contribution < -0.4 is 20.1 Å². The first kappa shape index (κ1) is 15.4. The van der Waals surface area contributed by atoms with Crippen LogP contribution in [-0.2, 0) is 5.66 Å². The molecule has 0 saturated heterocycles. The van der Waals surface area contributed by atoms with Crippen molar-refractivity contribution in [1.82, 2.24) is 0 Å². The molecular formula is C21H20N2O2. The van der Waals surface area contributed by atoms with Gasteiger partial charge in [-0.15, -0.1) is 0 Å². The van der Waals surface area contributed by atoms with Gasteiger partial charge < -0.3 is 20.1 Å². The minimum absolute atomic E-state index is 0.539. The van der Waals surface area contributed by atoms with Gasteiger partial charge in [0.25, 0.3) is 0 Å². The number of methoxy groups -OCH3 is 2. The van der Waals surface area contributed by atoms with E-state index in [0.29, 0.717) is 0 Å². The van der Waals surface area contributed by atoms with E-state index >= 15 is 0 Å². The van der Waals surface area contributed by atoms with E-state index in [1.54, 1.807) is 14.2 Å². The van der Waals surface area contributed by atoms with Crippen LogP contribution in [0.1, 0.15) is 11.1 Å². The minimum atomic E-state index is -0.539. The van der Waals surface area contributed by atoms with Gasteiger partial charge in [0.2, 0.25) is 0 Å². The predicted octanol–water partition coefficient (Wildman–Crippen LogP) is 4.44. The van der Waals surface area contributed by atoms with E-state index in [9.17, 15) is 0 Å². The highest BCUT2D eigenvalue weighted by atomic mass is 16.5. The molecule has 0 atom stereocenters. The molecule has 0 aromatic heterocycles. The molecule has 3 aromatic carbocycles. The third kappa shape index (κ3) is 2.56.